The van der Waals surface area contributed by atoms with Gasteiger partial charge in [-0.05, 0) is 24.6 Å². The van der Waals surface area contributed by atoms with E-state index >= 15 is 0 Å². The van der Waals surface area contributed by atoms with E-state index in [4.69, 9.17) is 4.74 Å². The van der Waals surface area contributed by atoms with Crippen LogP contribution in [0.4, 0.5) is 0 Å². The molecule has 0 bridgehead atoms. The molecular weight excluding hydrogens is 324 g/mol. The van der Waals surface area contributed by atoms with Crippen LogP contribution < -0.4 is 0 Å². The lowest BCUT2D eigenvalue weighted by Crippen LogP contribution is -2.02. The minimum Gasteiger partial charge on any atom is -0.385 e. The van der Waals surface area contributed by atoms with Gasteiger partial charge in [-0.3, -0.25) is 4.79 Å². The number of ether oxygens (including phenoxy) is 1. The van der Waals surface area contributed by atoms with Gasteiger partial charge in [0.25, 0.3) is 0 Å². The topological polar surface area (TPSA) is 26.3 Å². The Labute approximate surface area is 106 Å². The van der Waals surface area contributed by atoms with Crippen molar-refractivity contribution in [1.82, 2.24) is 0 Å². The molecule has 0 amide bonds. The van der Waals surface area contributed by atoms with Gasteiger partial charge in [0, 0.05) is 34.6 Å². The van der Waals surface area contributed by atoms with Gasteiger partial charge in [-0.1, -0.05) is 31.9 Å². The quantitative estimate of drug-likeness (QED) is 0.604. The summed E-state index contributed by atoms with van der Waals surface area (Å²) < 4.78 is 6.70. The lowest BCUT2D eigenvalue weighted by atomic mass is 10.1. The lowest BCUT2D eigenvalue weighted by molar-refractivity contribution is 0.0962. The predicted molar refractivity (Wildman–Crippen MR) is 67.3 cm³/mol. The largest absolute Gasteiger partial charge is 0.385 e. The van der Waals surface area contributed by atoms with Crippen molar-refractivity contribution >= 4 is 37.6 Å². The second-order valence-electron chi connectivity index (χ2n) is 3.14. The fourth-order valence-electron chi connectivity index (χ4n) is 1.23. The number of methoxy groups -OCH3 is 1. The second-order valence-corrected chi connectivity index (χ2v) is 4.91. The maximum atomic E-state index is 11.8. The fourth-order valence-corrected chi connectivity index (χ4v) is 2.50. The third-order valence-electron chi connectivity index (χ3n) is 1.98. The average molecular weight is 336 g/mol. The maximum absolute atomic E-state index is 11.8. The van der Waals surface area contributed by atoms with Crippen LogP contribution in [0.25, 0.3) is 0 Å². The Balaban J connectivity index is 2.65. The molecule has 2 nitrogen and oxygen atoms in total. The van der Waals surface area contributed by atoms with Crippen LogP contribution in [-0.2, 0) is 4.74 Å². The average Bonchev–Trinajstić information content (AvgIpc) is 2.17. The van der Waals surface area contributed by atoms with Crippen molar-refractivity contribution in [1.29, 1.82) is 0 Å². The van der Waals surface area contributed by atoms with Crippen molar-refractivity contribution in [2.75, 3.05) is 13.7 Å². The first-order chi connectivity index (χ1) is 7.15. The summed E-state index contributed by atoms with van der Waals surface area (Å²) in [6.07, 6.45) is 1.28. The molecule has 0 saturated heterocycles. The van der Waals surface area contributed by atoms with Gasteiger partial charge in [-0.2, -0.15) is 0 Å². The molecule has 1 rings (SSSR count). The Morgan fingerprint density at radius 2 is 2.13 bits per heavy atom. The highest BCUT2D eigenvalue weighted by molar-refractivity contribution is 9.11. The summed E-state index contributed by atoms with van der Waals surface area (Å²) in [6, 6.07) is 5.57. The number of Topliss-reactive ketones (excluding diaryl/α,β-unsaturated/α-hetero) is 1. The highest BCUT2D eigenvalue weighted by atomic mass is 79.9. The minimum atomic E-state index is 0.145. The third kappa shape index (κ3) is 4.05. The molecular formula is C11H12Br2O2. The molecule has 4 heteroatoms. The zero-order chi connectivity index (χ0) is 11.3. The Kier molecular flexibility index (Phi) is 5.50. The molecule has 0 saturated carbocycles. The summed E-state index contributed by atoms with van der Waals surface area (Å²) in [6.45, 7) is 0.625. The number of halogens is 2. The van der Waals surface area contributed by atoms with Crippen molar-refractivity contribution in [3.05, 3.63) is 32.7 Å². The first kappa shape index (κ1) is 12.9. The highest BCUT2D eigenvalue weighted by Gasteiger charge is 2.09. The zero-order valence-corrected chi connectivity index (χ0v) is 11.6. The first-order valence-electron chi connectivity index (χ1n) is 4.62. The number of rotatable bonds is 5. The molecule has 0 spiro atoms. The molecule has 0 atom stereocenters. The predicted octanol–water partition coefficient (Wildman–Crippen LogP) is 3.82. The van der Waals surface area contributed by atoms with E-state index in [-0.39, 0.29) is 5.78 Å². The molecule has 0 fully saturated rings. The normalized spacial score (nSPS) is 10.3. The number of benzene rings is 1. The van der Waals surface area contributed by atoms with E-state index in [2.05, 4.69) is 31.9 Å². The smallest absolute Gasteiger partial charge is 0.164 e. The Bertz CT molecular complexity index is 350. The molecule has 15 heavy (non-hydrogen) atoms. The van der Waals surface area contributed by atoms with Gasteiger partial charge in [0.15, 0.2) is 5.78 Å². The summed E-state index contributed by atoms with van der Waals surface area (Å²) in [7, 11) is 1.64. The number of ketones is 1. The van der Waals surface area contributed by atoms with E-state index in [1.807, 2.05) is 18.2 Å². The van der Waals surface area contributed by atoms with Gasteiger partial charge in [-0.15, -0.1) is 0 Å². The van der Waals surface area contributed by atoms with Crippen LogP contribution in [0, 0.1) is 0 Å². The molecule has 1 aromatic carbocycles. The van der Waals surface area contributed by atoms with Gasteiger partial charge in [0.05, 0.1) is 0 Å². The minimum absolute atomic E-state index is 0.145. The van der Waals surface area contributed by atoms with Crippen LogP contribution in [0.1, 0.15) is 23.2 Å². The van der Waals surface area contributed by atoms with Gasteiger partial charge in [-0.25, -0.2) is 0 Å². The summed E-state index contributed by atoms with van der Waals surface area (Å²) in [5.74, 6) is 0.145. The van der Waals surface area contributed by atoms with Crippen molar-refractivity contribution < 1.29 is 9.53 Å². The van der Waals surface area contributed by atoms with Crippen LogP contribution in [0.5, 0.6) is 0 Å². The number of carbonyl (C=O) groups excluding carboxylic acids is 1. The molecule has 0 unspecified atom stereocenters. The Morgan fingerprint density at radius 1 is 1.40 bits per heavy atom. The van der Waals surface area contributed by atoms with Gasteiger partial charge < -0.3 is 4.74 Å². The van der Waals surface area contributed by atoms with E-state index in [0.717, 1.165) is 20.9 Å². The molecule has 82 valence electrons. The molecule has 0 aliphatic rings. The van der Waals surface area contributed by atoms with Crippen LogP contribution in [0.2, 0.25) is 0 Å². The van der Waals surface area contributed by atoms with Crippen LogP contribution in [-0.4, -0.2) is 19.5 Å². The van der Waals surface area contributed by atoms with Gasteiger partial charge in [0.1, 0.15) is 0 Å². The molecule has 1 aromatic rings. The second kappa shape index (κ2) is 6.40. The molecule has 0 radical (unpaired) electrons. The number of carbonyl (C=O) groups is 1. The van der Waals surface area contributed by atoms with Crippen molar-refractivity contribution in [2.24, 2.45) is 0 Å². The standard InChI is InChI=1S/C11H12Br2O2/c1-15-6-2-3-11(14)9-5-4-8(12)7-10(9)13/h4-5,7H,2-3,6H2,1H3. The fraction of sp³-hybridized carbons (Fsp3) is 0.364. The van der Waals surface area contributed by atoms with Crippen LogP contribution in [0.15, 0.2) is 27.1 Å². The summed E-state index contributed by atoms with van der Waals surface area (Å²) in [5, 5.41) is 0. The molecule has 0 N–H and O–H groups in total. The molecule has 0 aromatic heterocycles. The molecule has 0 aliphatic heterocycles. The van der Waals surface area contributed by atoms with E-state index in [9.17, 15) is 4.79 Å². The van der Waals surface area contributed by atoms with Gasteiger partial charge in [0.2, 0.25) is 0 Å². The van der Waals surface area contributed by atoms with Gasteiger partial charge >= 0.3 is 0 Å². The van der Waals surface area contributed by atoms with Crippen LogP contribution >= 0.6 is 31.9 Å². The third-order valence-corrected chi connectivity index (χ3v) is 3.13. The summed E-state index contributed by atoms with van der Waals surface area (Å²) in [5.41, 5.74) is 0.731. The van der Waals surface area contributed by atoms with Crippen LogP contribution in [0.3, 0.4) is 0 Å². The molecule has 0 heterocycles. The van der Waals surface area contributed by atoms with Crippen molar-refractivity contribution in [3.8, 4) is 0 Å². The van der Waals surface area contributed by atoms with E-state index in [1.54, 1.807) is 7.11 Å². The maximum Gasteiger partial charge on any atom is 0.164 e. The van der Waals surface area contributed by atoms with Crippen molar-refractivity contribution in [2.45, 2.75) is 12.8 Å². The van der Waals surface area contributed by atoms with E-state index in [0.29, 0.717) is 13.0 Å². The first-order valence-corrected chi connectivity index (χ1v) is 6.21. The Morgan fingerprint density at radius 3 is 2.73 bits per heavy atom. The number of hydrogen-bond acceptors (Lipinski definition) is 2. The molecule has 0 aliphatic carbocycles. The SMILES string of the molecule is COCCCC(=O)c1ccc(Br)cc1Br. The lowest BCUT2D eigenvalue weighted by Gasteiger charge is -2.04. The Hall–Kier alpha value is -0.190. The summed E-state index contributed by atoms with van der Waals surface area (Å²) in [4.78, 5) is 11.8. The van der Waals surface area contributed by atoms with E-state index in [1.165, 1.54) is 0 Å². The monoisotopic (exact) mass is 334 g/mol. The highest BCUT2D eigenvalue weighted by Crippen LogP contribution is 2.23. The zero-order valence-electron chi connectivity index (χ0n) is 8.43. The van der Waals surface area contributed by atoms with E-state index < -0.39 is 0 Å². The van der Waals surface area contributed by atoms with Crippen molar-refractivity contribution in [3.63, 3.8) is 0 Å². The summed E-state index contributed by atoms with van der Waals surface area (Å²) >= 11 is 6.72. The number of hydrogen-bond donors (Lipinski definition) is 0.